The Bertz CT molecular complexity index is 1670. The average Bonchev–Trinajstić information content (AvgIpc) is 3.02. The van der Waals surface area contributed by atoms with E-state index in [2.05, 4.69) is 5.32 Å². The van der Waals surface area contributed by atoms with Gasteiger partial charge in [0.05, 0.1) is 17.2 Å². The summed E-state index contributed by atoms with van der Waals surface area (Å²) in [5, 5.41) is 2.71. The summed E-state index contributed by atoms with van der Waals surface area (Å²) in [4.78, 5) is 29.4. The van der Waals surface area contributed by atoms with Gasteiger partial charge in [0.2, 0.25) is 11.8 Å². The van der Waals surface area contributed by atoms with E-state index in [0.717, 1.165) is 26.6 Å². The highest BCUT2D eigenvalue weighted by molar-refractivity contribution is 7.92. The second-order valence-electron chi connectivity index (χ2n) is 10.6. The van der Waals surface area contributed by atoms with E-state index in [-0.39, 0.29) is 29.5 Å². The van der Waals surface area contributed by atoms with Crippen LogP contribution >= 0.6 is 0 Å². The van der Waals surface area contributed by atoms with Crippen molar-refractivity contribution in [3.8, 4) is 5.75 Å². The maximum absolute atomic E-state index is 14.5. The first-order valence-electron chi connectivity index (χ1n) is 14.6. The van der Waals surface area contributed by atoms with E-state index in [4.69, 9.17) is 4.74 Å². The molecule has 0 aromatic heterocycles. The van der Waals surface area contributed by atoms with Crippen LogP contribution in [0.1, 0.15) is 29.2 Å². The molecule has 0 fully saturated rings. The van der Waals surface area contributed by atoms with Crippen LogP contribution in [0.5, 0.6) is 5.75 Å². The van der Waals surface area contributed by atoms with Gasteiger partial charge in [-0.3, -0.25) is 13.9 Å². The number of aryl methyl sites for hydroxylation is 2. The van der Waals surface area contributed by atoms with Gasteiger partial charge in [0.25, 0.3) is 10.0 Å². The Hall–Kier alpha value is -4.63. The third kappa shape index (κ3) is 7.85. The number of para-hydroxylation sites is 2. The molecule has 1 unspecified atom stereocenters. The molecule has 44 heavy (non-hydrogen) atoms. The Kier molecular flexibility index (Phi) is 10.8. The van der Waals surface area contributed by atoms with Crippen molar-refractivity contribution in [2.45, 2.75) is 44.7 Å². The smallest absolute Gasteiger partial charge is 0.264 e. The first kappa shape index (κ1) is 32.3. The van der Waals surface area contributed by atoms with Gasteiger partial charge < -0.3 is 15.0 Å². The third-order valence-corrected chi connectivity index (χ3v) is 9.05. The molecule has 0 aliphatic rings. The fourth-order valence-electron chi connectivity index (χ4n) is 5.02. The van der Waals surface area contributed by atoms with Crippen LogP contribution in [0.2, 0.25) is 0 Å². The first-order valence-corrected chi connectivity index (χ1v) is 16.0. The Morgan fingerprint density at radius 1 is 0.818 bits per heavy atom. The summed E-state index contributed by atoms with van der Waals surface area (Å²) < 4.78 is 35.4. The highest BCUT2D eigenvalue weighted by Crippen LogP contribution is 2.33. The van der Waals surface area contributed by atoms with Crippen LogP contribution in [-0.2, 0) is 32.6 Å². The number of ether oxygens (including phenoxy) is 1. The highest BCUT2D eigenvalue weighted by Gasteiger charge is 2.35. The van der Waals surface area contributed by atoms with Gasteiger partial charge >= 0.3 is 0 Å². The summed E-state index contributed by atoms with van der Waals surface area (Å²) in [7, 11) is -2.70. The van der Waals surface area contributed by atoms with Crippen LogP contribution in [0.15, 0.2) is 108 Å². The van der Waals surface area contributed by atoms with Crippen molar-refractivity contribution in [3.05, 3.63) is 125 Å². The van der Waals surface area contributed by atoms with Gasteiger partial charge in [0, 0.05) is 20.0 Å². The maximum Gasteiger partial charge on any atom is 0.264 e. The van der Waals surface area contributed by atoms with Crippen molar-refractivity contribution in [1.82, 2.24) is 10.2 Å². The number of rotatable bonds is 13. The van der Waals surface area contributed by atoms with Gasteiger partial charge in [-0.15, -0.1) is 0 Å². The summed E-state index contributed by atoms with van der Waals surface area (Å²) in [5.74, 6) is -0.550. The Labute approximate surface area is 260 Å². The SMILES string of the molecule is CCOc1ccccc1N(CC(=O)N(Cc1cccc(C)c1)C(Cc1ccccc1)C(=O)NC)S(=O)(=O)c1ccc(C)cc1. The maximum atomic E-state index is 14.5. The number of likely N-dealkylation sites (N-methyl/N-ethyl adjacent to an activating group) is 1. The minimum atomic E-state index is -4.22. The van der Waals surface area contributed by atoms with Crippen LogP contribution in [0.3, 0.4) is 0 Å². The number of carbonyl (C=O) groups is 2. The summed E-state index contributed by atoms with van der Waals surface area (Å²) in [5.41, 5.74) is 3.83. The molecule has 0 aliphatic carbocycles. The molecular formula is C35H39N3O5S. The average molecular weight is 614 g/mol. The summed E-state index contributed by atoms with van der Waals surface area (Å²) in [6, 6.07) is 29.5. The number of nitrogens with zero attached hydrogens (tertiary/aromatic N) is 2. The lowest BCUT2D eigenvalue weighted by Gasteiger charge is -2.34. The Morgan fingerprint density at radius 2 is 1.48 bits per heavy atom. The van der Waals surface area contributed by atoms with E-state index in [1.54, 1.807) is 36.4 Å². The molecule has 0 aliphatic heterocycles. The van der Waals surface area contributed by atoms with Crippen LogP contribution in [0.4, 0.5) is 5.69 Å². The first-order chi connectivity index (χ1) is 21.1. The van der Waals surface area contributed by atoms with Gasteiger partial charge in [-0.1, -0.05) is 90.0 Å². The van der Waals surface area contributed by atoms with Gasteiger partial charge in [-0.2, -0.15) is 0 Å². The molecule has 1 atom stereocenters. The molecule has 0 bridgehead atoms. The van der Waals surface area contributed by atoms with Crippen molar-refractivity contribution in [2.24, 2.45) is 0 Å². The fraction of sp³-hybridized carbons (Fsp3) is 0.257. The van der Waals surface area contributed by atoms with E-state index in [1.807, 2.05) is 75.4 Å². The van der Waals surface area contributed by atoms with Crippen LogP contribution in [0.25, 0.3) is 0 Å². The number of benzene rings is 4. The number of nitrogens with one attached hydrogen (secondary N) is 1. The molecule has 0 radical (unpaired) electrons. The molecule has 2 amide bonds. The Morgan fingerprint density at radius 3 is 2.14 bits per heavy atom. The van der Waals surface area contributed by atoms with Gasteiger partial charge in [-0.05, 0) is 56.2 Å². The van der Waals surface area contributed by atoms with E-state index >= 15 is 0 Å². The van der Waals surface area contributed by atoms with Crippen molar-refractivity contribution < 1.29 is 22.7 Å². The second-order valence-corrected chi connectivity index (χ2v) is 12.4. The van der Waals surface area contributed by atoms with Gasteiger partial charge in [-0.25, -0.2) is 8.42 Å². The van der Waals surface area contributed by atoms with Gasteiger partial charge in [0.1, 0.15) is 18.3 Å². The molecular weight excluding hydrogens is 574 g/mol. The van der Waals surface area contributed by atoms with Crippen molar-refractivity contribution in [1.29, 1.82) is 0 Å². The predicted octanol–water partition coefficient (Wildman–Crippen LogP) is 5.28. The number of hydrogen-bond donors (Lipinski definition) is 1. The lowest BCUT2D eigenvalue weighted by molar-refractivity contribution is -0.139. The minimum absolute atomic E-state index is 0.0413. The fourth-order valence-corrected chi connectivity index (χ4v) is 6.44. The van der Waals surface area contributed by atoms with E-state index in [9.17, 15) is 18.0 Å². The number of sulfonamides is 1. The molecule has 230 valence electrons. The molecule has 0 saturated carbocycles. The molecule has 0 heterocycles. The minimum Gasteiger partial charge on any atom is -0.492 e. The zero-order chi connectivity index (χ0) is 31.7. The standard InChI is InChI=1S/C35H39N3O5S/c1-5-43-33-17-10-9-16-31(33)38(44(41,42)30-20-18-26(2)19-21-30)25-34(39)37(24-29-15-11-12-27(3)22-29)32(35(40)36-4)23-28-13-7-6-8-14-28/h6-22,32H,5,23-25H2,1-4H3,(H,36,40). The molecule has 0 saturated heterocycles. The van der Waals surface area contributed by atoms with Crippen LogP contribution < -0.4 is 14.4 Å². The zero-order valence-corrected chi connectivity index (χ0v) is 26.4. The molecule has 1 N–H and O–H groups in total. The highest BCUT2D eigenvalue weighted by atomic mass is 32.2. The summed E-state index contributed by atoms with van der Waals surface area (Å²) in [6.45, 7) is 5.50. The number of anilines is 1. The predicted molar refractivity (Wildman–Crippen MR) is 173 cm³/mol. The van der Waals surface area contributed by atoms with Crippen LogP contribution in [-0.4, -0.2) is 51.4 Å². The summed E-state index contributed by atoms with van der Waals surface area (Å²) >= 11 is 0. The number of hydrogen-bond acceptors (Lipinski definition) is 5. The third-order valence-electron chi connectivity index (χ3n) is 7.27. The molecule has 0 spiro atoms. The lowest BCUT2D eigenvalue weighted by atomic mass is 10.0. The topological polar surface area (TPSA) is 96.0 Å². The molecule has 4 aromatic rings. The van der Waals surface area contributed by atoms with Crippen molar-refractivity contribution in [3.63, 3.8) is 0 Å². The largest absolute Gasteiger partial charge is 0.492 e. The molecule has 4 aromatic carbocycles. The second kappa shape index (κ2) is 14.7. The van der Waals surface area contributed by atoms with E-state index < -0.39 is 28.5 Å². The van der Waals surface area contributed by atoms with E-state index in [0.29, 0.717) is 12.4 Å². The summed E-state index contributed by atoms with van der Waals surface area (Å²) in [6.07, 6.45) is 0.248. The van der Waals surface area contributed by atoms with E-state index in [1.165, 1.54) is 24.1 Å². The lowest BCUT2D eigenvalue weighted by Crippen LogP contribution is -2.53. The monoisotopic (exact) mass is 613 g/mol. The zero-order valence-electron chi connectivity index (χ0n) is 25.6. The molecule has 4 rings (SSSR count). The number of carbonyl (C=O) groups excluding carboxylic acids is 2. The quantitative estimate of drug-likeness (QED) is 0.221. The van der Waals surface area contributed by atoms with Gasteiger partial charge in [0.15, 0.2) is 0 Å². The van der Waals surface area contributed by atoms with Crippen molar-refractivity contribution >= 4 is 27.5 Å². The normalized spacial score (nSPS) is 11.8. The van der Waals surface area contributed by atoms with Crippen LogP contribution in [0, 0.1) is 13.8 Å². The van der Waals surface area contributed by atoms with Crippen molar-refractivity contribution in [2.75, 3.05) is 24.5 Å². The molecule has 9 heteroatoms. The Balaban J connectivity index is 1.82. The number of amides is 2. The molecule has 8 nitrogen and oxygen atoms in total.